The van der Waals surface area contributed by atoms with Crippen molar-refractivity contribution in [3.05, 3.63) is 0 Å². The zero-order valence-corrected chi connectivity index (χ0v) is 10.3. The van der Waals surface area contributed by atoms with Crippen molar-refractivity contribution in [2.45, 2.75) is 53.9 Å². The van der Waals surface area contributed by atoms with Crippen molar-refractivity contribution in [3.8, 4) is 0 Å². The first-order valence-corrected chi connectivity index (χ1v) is 5.62. The fraction of sp³-hybridized carbons (Fsp3) is 0.917. The molecule has 2 nitrogen and oxygen atoms in total. The summed E-state index contributed by atoms with van der Waals surface area (Å²) in [4.78, 5) is 10.7. The minimum Gasteiger partial charge on any atom is -0.356 e. The molecule has 84 valence electrons. The normalized spacial score (nSPS) is 13.8. The second-order valence-electron chi connectivity index (χ2n) is 5.16. The van der Waals surface area contributed by atoms with E-state index in [1.807, 2.05) is 0 Å². The van der Waals surface area contributed by atoms with Crippen LogP contribution < -0.4 is 5.32 Å². The van der Waals surface area contributed by atoms with Gasteiger partial charge >= 0.3 is 0 Å². The van der Waals surface area contributed by atoms with Gasteiger partial charge in [0.1, 0.15) is 0 Å². The third-order valence-corrected chi connectivity index (χ3v) is 2.53. The van der Waals surface area contributed by atoms with Crippen LogP contribution in [0.4, 0.5) is 0 Å². The first-order valence-electron chi connectivity index (χ1n) is 5.62. The summed E-state index contributed by atoms with van der Waals surface area (Å²) in [6.07, 6.45) is 3.68. The molecule has 0 fully saturated rings. The lowest BCUT2D eigenvalue weighted by Crippen LogP contribution is -2.28. The van der Waals surface area contributed by atoms with Crippen LogP contribution >= 0.6 is 0 Å². The number of carbonyl (C=O) groups is 1. The van der Waals surface area contributed by atoms with Gasteiger partial charge in [0, 0.05) is 13.5 Å². The lowest BCUT2D eigenvalue weighted by molar-refractivity contribution is -0.119. The highest BCUT2D eigenvalue weighted by Gasteiger charge is 2.19. The third-order valence-electron chi connectivity index (χ3n) is 2.53. The van der Waals surface area contributed by atoms with Crippen LogP contribution in [0.1, 0.15) is 53.9 Å². The highest BCUT2D eigenvalue weighted by molar-refractivity contribution is 5.72. The number of amides is 1. The average molecular weight is 199 g/mol. The molecule has 0 aliphatic heterocycles. The summed E-state index contributed by atoms with van der Waals surface area (Å²) < 4.78 is 0. The van der Waals surface area contributed by atoms with Gasteiger partial charge in [0.05, 0.1) is 0 Å². The van der Waals surface area contributed by atoms with Gasteiger partial charge in [-0.05, 0) is 24.2 Å². The largest absolute Gasteiger partial charge is 0.356 e. The Balaban J connectivity index is 3.80. The van der Waals surface area contributed by atoms with Crippen LogP contribution in [0.2, 0.25) is 0 Å². The van der Waals surface area contributed by atoms with Crippen LogP contribution in [-0.2, 0) is 4.79 Å². The number of hydrogen-bond donors (Lipinski definition) is 1. The van der Waals surface area contributed by atoms with E-state index in [4.69, 9.17) is 0 Å². The van der Waals surface area contributed by atoms with E-state index in [1.54, 1.807) is 6.92 Å². The molecule has 0 bridgehead atoms. The van der Waals surface area contributed by atoms with Crippen LogP contribution in [0, 0.1) is 11.3 Å². The molecule has 0 aromatic carbocycles. The minimum atomic E-state index is 0.0742. The van der Waals surface area contributed by atoms with Crippen molar-refractivity contribution in [2.24, 2.45) is 11.3 Å². The molecule has 0 aromatic rings. The fourth-order valence-corrected chi connectivity index (χ4v) is 2.11. The average Bonchev–Trinajstić information content (AvgIpc) is 1.99. The van der Waals surface area contributed by atoms with Gasteiger partial charge in [-0.3, -0.25) is 4.79 Å². The van der Waals surface area contributed by atoms with E-state index in [0.29, 0.717) is 11.3 Å². The van der Waals surface area contributed by atoms with Gasteiger partial charge in [-0.15, -0.1) is 0 Å². The highest BCUT2D eigenvalue weighted by Crippen LogP contribution is 2.30. The smallest absolute Gasteiger partial charge is 0.216 e. The second kappa shape index (κ2) is 6.05. The van der Waals surface area contributed by atoms with Crippen molar-refractivity contribution < 1.29 is 4.79 Å². The molecule has 0 saturated carbocycles. The Labute approximate surface area is 88.5 Å². The molecule has 1 amide bonds. The van der Waals surface area contributed by atoms with E-state index in [1.165, 1.54) is 19.3 Å². The monoisotopic (exact) mass is 199 g/mol. The van der Waals surface area contributed by atoms with Crippen LogP contribution in [-0.4, -0.2) is 12.5 Å². The summed E-state index contributed by atoms with van der Waals surface area (Å²) in [5.74, 6) is 0.644. The molecule has 0 aliphatic rings. The Bertz CT molecular complexity index is 175. The van der Waals surface area contributed by atoms with E-state index < -0.39 is 0 Å². The van der Waals surface area contributed by atoms with Gasteiger partial charge in [-0.1, -0.05) is 34.1 Å². The minimum absolute atomic E-state index is 0.0742. The van der Waals surface area contributed by atoms with E-state index in [9.17, 15) is 4.79 Å². The maximum absolute atomic E-state index is 10.7. The van der Waals surface area contributed by atoms with Crippen molar-refractivity contribution >= 4 is 5.91 Å². The van der Waals surface area contributed by atoms with E-state index in [2.05, 4.69) is 33.0 Å². The van der Waals surface area contributed by atoms with Gasteiger partial charge in [-0.2, -0.15) is 0 Å². The molecule has 1 atom stereocenters. The molecule has 0 saturated heterocycles. The molecule has 1 unspecified atom stereocenters. The molecule has 14 heavy (non-hydrogen) atoms. The van der Waals surface area contributed by atoms with Crippen molar-refractivity contribution in [3.63, 3.8) is 0 Å². The summed E-state index contributed by atoms with van der Waals surface area (Å²) in [5.41, 5.74) is 0.409. The second-order valence-corrected chi connectivity index (χ2v) is 5.16. The van der Waals surface area contributed by atoms with Gasteiger partial charge in [0.25, 0.3) is 0 Å². The Morgan fingerprint density at radius 1 is 1.43 bits per heavy atom. The van der Waals surface area contributed by atoms with Crippen LogP contribution in [0.5, 0.6) is 0 Å². The predicted molar refractivity (Wildman–Crippen MR) is 61.2 cm³/mol. The molecule has 0 aliphatic carbocycles. The van der Waals surface area contributed by atoms with Crippen molar-refractivity contribution in [1.82, 2.24) is 5.32 Å². The maximum atomic E-state index is 10.7. The number of nitrogens with one attached hydrogen (secondary N) is 1. The third kappa shape index (κ3) is 6.93. The predicted octanol–water partition coefficient (Wildman–Crippen LogP) is 2.98. The van der Waals surface area contributed by atoms with E-state index in [-0.39, 0.29) is 5.91 Å². The molecule has 0 rings (SSSR count). The molecule has 0 aromatic heterocycles. The van der Waals surface area contributed by atoms with Crippen molar-refractivity contribution in [2.75, 3.05) is 6.54 Å². The molecular weight excluding hydrogens is 174 g/mol. The Morgan fingerprint density at radius 3 is 2.43 bits per heavy atom. The number of rotatable bonds is 6. The molecule has 0 radical (unpaired) electrons. The fourth-order valence-electron chi connectivity index (χ4n) is 2.11. The quantitative estimate of drug-likeness (QED) is 0.700. The summed E-state index contributed by atoms with van der Waals surface area (Å²) in [5, 5.41) is 2.87. The molecule has 1 N–H and O–H groups in total. The Morgan fingerprint density at radius 2 is 2.00 bits per heavy atom. The van der Waals surface area contributed by atoms with Gasteiger partial charge in [0.2, 0.25) is 5.91 Å². The lowest BCUT2D eigenvalue weighted by atomic mass is 9.80. The first kappa shape index (κ1) is 13.5. The molecule has 0 spiro atoms. The zero-order valence-electron chi connectivity index (χ0n) is 10.3. The summed E-state index contributed by atoms with van der Waals surface area (Å²) in [6, 6.07) is 0. The molecule has 2 heteroatoms. The summed E-state index contributed by atoms with van der Waals surface area (Å²) >= 11 is 0. The van der Waals surface area contributed by atoms with Gasteiger partial charge < -0.3 is 5.32 Å². The van der Waals surface area contributed by atoms with Crippen LogP contribution in [0.3, 0.4) is 0 Å². The van der Waals surface area contributed by atoms with Crippen LogP contribution in [0.25, 0.3) is 0 Å². The van der Waals surface area contributed by atoms with Gasteiger partial charge in [-0.25, -0.2) is 0 Å². The van der Waals surface area contributed by atoms with Crippen LogP contribution in [0.15, 0.2) is 0 Å². The molecular formula is C12H25NO. The summed E-state index contributed by atoms with van der Waals surface area (Å²) in [6.45, 7) is 11.4. The zero-order chi connectivity index (χ0) is 11.2. The lowest BCUT2D eigenvalue weighted by Gasteiger charge is -2.27. The number of carbonyl (C=O) groups excluding carboxylic acids is 1. The highest BCUT2D eigenvalue weighted by atomic mass is 16.1. The number of hydrogen-bond acceptors (Lipinski definition) is 1. The SMILES string of the molecule is CCCC(C)(C)CC(C)CNC(C)=O. The Kier molecular flexibility index (Phi) is 5.82. The Hall–Kier alpha value is -0.530. The van der Waals surface area contributed by atoms with Crippen molar-refractivity contribution in [1.29, 1.82) is 0 Å². The summed E-state index contributed by atoms with van der Waals surface area (Å²) in [7, 11) is 0. The van der Waals surface area contributed by atoms with E-state index >= 15 is 0 Å². The molecule has 0 heterocycles. The standard InChI is InChI=1S/C12H25NO/c1-6-7-12(4,5)8-10(2)9-13-11(3)14/h10H,6-9H2,1-5H3,(H,13,14). The van der Waals surface area contributed by atoms with E-state index in [0.717, 1.165) is 6.54 Å². The maximum Gasteiger partial charge on any atom is 0.216 e. The topological polar surface area (TPSA) is 29.1 Å². The first-order chi connectivity index (χ1) is 6.37. The van der Waals surface area contributed by atoms with Gasteiger partial charge in [0.15, 0.2) is 0 Å².